The van der Waals surface area contributed by atoms with E-state index in [1.165, 1.54) is 0 Å². The van der Waals surface area contributed by atoms with E-state index in [9.17, 15) is 0 Å². The van der Waals surface area contributed by atoms with Crippen molar-refractivity contribution < 1.29 is 0 Å². The molecule has 2 aromatic rings. The summed E-state index contributed by atoms with van der Waals surface area (Å²) in [7, 11) is 0. The van der Waals surface area contributed by atoms with E-state index in [-0.39, 0.29) is 0 Å². The minimum Gasteiger partial charge on any atom is -0.396 e. The molecule has 0 spiro atoms. The predicted molar refractivity (Wildman–Crippen MR) is 88.5 cm³/mol. The van der Waals surface area contributed by atoms with Crippen molar-refractivity contribution in [2.24, 2.45) is 0 Å². The van der Waals surface area contributed by atoms with Crippen LogP contribution in [0.25, 0.3) is 10.9 Å². The highest BCUT2D eigenvalue weighted by molar-refractivity contribution is 9.10. The van der Waals surface area contributed by atoms with Crippen molar-refractivity contribution in [1.82, 2.24) is 4.98 Å². The molecule has 1 aromatic heterocycles. The number of rotatable bonds is 5. The van der Waals surface area contributed by atoms with Gasteiger partial charge in [-0.25, -0.2) is 0 Å². The monoisotopic (exact) mass is 335 g/mol. The largest absolute Gasteiger partial charge is 0.396 e. The second kappa shape index (κ2) is 6.69. The quantitative estimate of drug-likeness (QED) is 0.649. The Hall–Kier alpha value is -1.38. The van der Waals surface area contributed by atoms with Crippen LogP contribution in [0.3, 0.4) is 0 Å². The van der Waals surface area contributed by atoms with Crippen molar-refractivity contribution >= 4 is 50.0 Å². The summed E-state index contributed by atoms with van der Waals surface area (Å²) in [5.74, 6) is 4.29. The number of pyridine rings is 1. The molecule has 0 radical (unpaired) electrons. The number of anilines is 2. The maximum Gasteiger partial charge on any atom is 0.0743 e. The lowest BCUT2D eigenvalue weighted by atomic mass is 10.1. The van der Waals surface area contributed by atoms with Gasteiger partial charge in [-0.15, -0.1) is 18.2 Å². The number of nitrogens with zero attached hydrogens (tertiary/aromatic N) is 1. The third-order valence-corrected chi connectivity index (χ3v) is 3.95. The van der Waals surface area contributed by atoms with Crippen LogP contribution in [0.1, 0.15) is 0 Å². The number of benzene rings is 1. The highest BCUT2D eigenvalue weighted by atomic mass is 79.9. The number of aromatic nitrogens is 1. The van der Waals surface area contributed by atoms with Crippen LogP contribution in [0.4, 0.5) is 11.4 Å². The van der Waals surface area contributed by atoms with E-state index in [4.69, 9.17) is 12.2 Å². The molecule has 1 aromatic carbocycles. The molecule has 0 fully saturated rings. The molecule has 19 heavy (non-hydrogen) atoms. The van der Waals surface area contributed by atoms with Gasteiger partial charge in [-0.2, -0.15) is 0 Å². The topological polar surface area (TPSA) is 50.9 Å². The first kappa shape index (κ1) is 14.0. The molecule has 2 rings (SSSR count). The molecule has 3 N–H and O–H groups in total. The van der Waals surface area contributed by atoms with Crippen LogP contribution in [-0.2, 0) is 0 Å². The molecule has 0 amide bonds. The van der Waals surface area contributed by atoms with Gasteiger partial charge in [0.2, 0.25) is 0 Å². The molecule has 0 aliphatic rings. The molecule has 5 heteroatoms. The third-order valence-electron chi connectivity index (χ3n) is 2.59. The van der Waals surface area contributed by atoms with Crippen LogP contribution >= 0.6 is 27.7 Å². The highest BCUT2D eigenvalue weighted by Crippen LogP contribution is 2.29. The molecule has 0 atom stereocenters. The zero-order valence-corrected chi connectivity index (χ0v) is 12.7. The summed E-state index contributed by atoms with van der Waals surface area (Å²) in [6, 6.07) is 5.96. The number of nitrogens with one attached hydrogen (secondary N) is 1. The van der Waals surface area contributed by atoms with Gasteiger partial charge in [-0.3, -0.25) is 4.98 Å². The lowest BCUT2D eigenvalue weighted by Gasteiger charge is -2.12. The van der Waals surface area contributed by atoms with E-state index in [0.29, 0.717) is 5.69 Å². The van der Waals surface area contributed by atoms with E-state index in [0.717, 1.165) is 39.1 Å². The lowest BCUT2D eigenvalue weighted by molar-refractivity contribution is 1.23. The second-order valence-corrected chi connectivity index (χ2v) is 5.95. The molecule has 0 saturated carbocycles. The zero-order chi connectivity index (χ0) is 13.7. The molecule has 0 aliphatic carbocycles. The Bertz CT molecular complexity index is 617. The summed E-state index contributed by atoms with van der Waals surface area (Å²) in [5, 5.41) is 4.39. The Morgan fingerprint density at radius 1 is 1.47 bits per heavy atom. The molecule has 0 aliphatic heterocycles. The van der Waals surface area contributed by atoms with Crippen LogP contribution in [0.15, 0.2) is 28.9 Å². The Kier molecular flexibility index (Phi) is 4.94. The first-order valence-electron chi connectivity index (χ1n) is 5.81. The van der Waals surface area contributed by atoms with E-state index < -0.39 is 0 Å². The molecular formula is C14H14BrN3S. The minimum absolute atomic E-state index is 0.660. The van der Waals surface area contributed by atoms with E-state index in [2.05, 4.69) is 32.2 Å². The van der Waals surface area contributed by atoms with Crippen molar-refractivity contribution in [1.29, 1.82) is 0 Å². The molecule has 0 unspecified atom stereocenters. The van der Waals surface area contributed by atoms with E-state index in [1.807, 2.05) is 18.2 Å². The van der Waals surface area contributed by atoms with Crippen molar-refractivity contribution in [3.8, 4) is 12.3 Å². The predicted octanol–water partition coefficient (Wildman–Crippen LogP) is 3.36. The number of hydrogen-bond acceptors (Lipinski definition) is 4. The molecule has 0 saturated heterocycles. The number of nitrogen functional groups attached to an aromatic ring is 1. The summed E-state index contributed by atoms with van der Waals surface area (Å²) >= 11 is 5.19. The average molecular weight is 336 g/mol. The summed E-state index contributed by atoms with van der Waals surface area (Å²) in [6.07, 6.45) is 6.90. The number of terminal acetylenes is 1. The van der Waals surface area contributed by atoms with Crippen LogP contribution in [0, 0.1) is 12.3 Å². The smallest absolute Gasteiger partial charge is 0.0743 e. The lowest BCUT2D eigenvalue weighted by Crippen LogP contribution is -2.07. The van der Waals surface area contributed by atoms with Crippen molar-refractivity contribution in [2.75, 3.05) is 29.1 Å². The van der Waals surface area contributed by atoms with Gasteiger partial charge in [0.25, 0.3) is 0 Å². The Morgan fingerprint density at radius 3 is 3.11 bits per heavy atom. The van der Waals surface area contributed by atoms with Gasteiger partial charge in [0, 0.05) is 22.2 Å². The van der Waals surface area contributed by atoms with Gasteiger partial charge in [0.1, 0.15) is 0 Å². The van der Waals surface area contributed by atoms with Crippen LogP contribution < -0.4 is 11.1 Å². The van der Waals surface area contributed by atoms with E-state index in [1.54, 1.807) is 18.0 Å². The summed E-state index contributed by atoms with van der Waals surface area (Å²) in [6.45, 7) is 0.822. The molecule has 1 heterocycles. The zero-order valence-electron chi connectivity index (χ0n) is 10.3. The number of thioether (sulfide) groups is 1. The van der Waals surface area contributed by atoms with Crippen LogP contribution in [-0.4, -0.2) is 23.0 Å². The SMILES string of the molecule is C#CCSCCNc1c(N)cnc2ccc(Br)cc12. The molecular weight excluding hydrogens is 322 g/mol. The third kappa shape index (κ3) is 3.55. The Morgan fingerprint density at radius 2 is 2.32 bits per heavy atom. The van der Waals surface area contributed by atoms with Crippen LogP contribution in [0.5, 0.6) is 0 Å². The van der Waals surface area contributed by atoms with Gasteiger partial charge in [0.15, 0.2) is 0 Å². The summed E-state index contributed by atoms with van der Waals surface area (Å²) in [4.78, 5) is 4.32. The first-order valence-corrected chi connectivity index (χ1v) is 7.76. The van der Waals surface area contributed by atoms with Gasteiger partial charge in [-0.05, 0) is 18.2 Å². The normalized spacial score (nSPS) is 10.3. The number of nitrogens with two attached hydrogens (primary N) is 1. The molecule has 3 nitrogen and oxygen atoms in total. The molecule has 0 bridgehead atoms. The van der Waals surface area contributed by atoms with Gasteiger partial charge < -0.3 is 11.1 Å². The van der Waals surface area contributed by atoms with Crippen molar-refractivity contribution in [3.05, 3.63) is 28.9 Å². The number of hydrogen-bond donors (Lipinski definition) is 2. The maximum atomic E-state index is 6.00. The van der Waals surface area contributed by atoms with Gasteiger partial charge in [-0.1, -0.05) is 21.9 Å². The Labute approximate surface area is 125 Å². The average Bonchev–Trinajstić information content (AvgIpc) is 2.40. The summed E-state index contributed by atoms with van der Waals surface area (Å²) < 4.78 is 1.01. The fourth-order valence-electron chi connectivity index (χ4n) is 1.76. The number of fused-ring (bicyclic) bond motifs is 1. The maximum absolute atomic E-state index is 6.00. The first-order chi connectivity index (χ1) is 9.22. The number of halogens is 1. The van der Waals surface area contributed by atoms with Crippen LogP contribution in [0.2, 0.25) is 0 Å². The van der Waals surface area contributed by atoms with Crippen molar-refractivity contribution in [3.63, 3.8) is 0 Å². The van der Waals surface area contributed by atoms with Gasteiger partial charge >= 0.3 is 0 Å². The second-order valence-electron chi connectivity index (χ2n) is 3.93. The summed E-state index contributed by atoms with van der Waals surface area (Å²) in [5.41, 5.74) is 8.52. The fourth-order valence-corrected chi connectivity index (χ4v) is 2.63. The minimum atomic E-state index is 0.660. The van der Waals surface area contributed by atoms with E-state index >= 15 is 0 Å². The fraction of sp³-hybridized carbons (Fsp3) is 0.214. The van der Waals surface area contributed by atoms with Crippen molar-refractivity contribution in [2.45, 2.75) is 0 Å². The molecule has 98 valence electrons. The Balaban J connectivity index is 2.19. The van der Waals surface area contributed by atoms with Gasteiger partial charge in [0.05, 0.1) is 28.8 Å². The highest BCUT2D eigenvalue weighted by Gasteiger charge is 2.06. The standard InChI is InChI=1S/C14H14BrN3S/c1-2-6-19-7-5-17-14-11-8-10(15)3-4-13(11)18-9-12(14)16/h1,3-4,8-9H,5-7,16H2,(H,17,18).